The zero-order valence-electron chi connectivity index (χ0n) is 26.9. The molecule has 0 aromatic heterocycles. The Kier molecular flexibility index (Phi) is 10.7. The van der Waals surface area contributed by atoms with Gasteiger partial charge in [-0.1, -0.05) is 77.4 Å². The average molecular weight is 696 g/mol. The van der Waals surface area contributed by atoms with Gasteiger partial charge in [0.2, 0.25) is 30.1 Å². The van der Waals surface area contributed by atoms with Gasteiger partial charge in [-0.2, -0.15) is 12.9 Å². The Labute approximate surface area is 279 Å². The maximum absolute atomic E-state index is 13.9. The van der Waals surface area contributed by atoms with Crippen molar-refractivity contribution in [2.45, 2.75) is 61.4 Å². The van der Waals surface area contributed by atoms with Crippen molar-refractivity contribution in [3.8, 4) is 0 Å². The lowest BCUT2D eigenvalue weighted by atomic mass is 10.1. The van der Waals surface area contributed by atoms with E-state index in [9.17, 15) is 25.3 Å². The van der Waals surface area contributed by atoms with Gasteiger partial charge in [-0.05, 0) is 81.1 Å². The Bertz CT molecular complexity index is 1890. The predicted molar refractivity (Wildman–Crippen MR) is 183 cm³/mol. The maximum Gasteiger partial charge on any atom is 0.243 e. The molecule has 0 atom stereocenters. The van der Waals surface area contributed by atoms with E-state index in [4.69, 9.17) is 0 Å². The summed E-state index contributed by atoms with van der Waals surface area (Å²) in [6, 6.07) is 27.2. The number of aryl methyl sites for hydroxylation is 3. The molecule has 47 heavy (non-hydrogen) atoms. The first-order valence-electron chi connectivity index (χ1n) is 15.6. The van der Waals surface area contributed by atoms with Crippen LogP contribution in [0.4, 0.5) is 0 Å². The first kappa shape index (κ1) is 34.9. The summed E-state index contributed by atoms with van der Waals surface area (Å²) in [6.07, 6.45) is 0.472. The van der Waals surface area contributed by atoms with Gasteiger partial charge in [0.15, 0.2) is 0 Å². The van der Waals surface area contributed by atoms with Crippen molar-refractivity contribution in [2.24, 2.45) is 0 Å². The molecule has 4 aromatic rings. The molecule has 0 amide bonds. The highest BCUT2D eigenvalue weighted by atomic mass is 32.2. The van der Waals surface area contributed by atoms with Crippen molar-refractivity contribution < 1.29 is 25.3 Å². The van der Waals surface area contributed by atoms with Crippen LogP contribution in [0.5, 0.6) is 0 Å². The van der Waals surface area contributed by atoms with Crippen LogP contribution in [0.1, 0.15) is 40.7 Å². The summed E-state index contributed by atoms with van der Waals surface area (Å²) in [7, 11) is -11.8. The standard InChI is InChI=1S/C35H41N3O6S3/c1-28-6-16-33(17-7-28)45(39,40)36-22-4-24-37(46(41,42)34-18-8-29(2)9-19-34)26-31-12-14-32(15-13-31)27-38(25-5-23-36)47(43,44)35-20-10-30(3)11-21-35/h6-21H,4-5,22-27H2,1-3H3. The lowest BCUT2D eigenvalue weighted by Crippen LogP contribution is -2.38. The molecular weight excluding hydrogens is 655 g/mol. The van der Waals surface area contributed by atoms with Crippen molar-refractivity contribution >= 4 is 30.1 Å². The third-order valence-electron chi connectivity index (χ3n) is 8.35. The molecule has 9 nitrogen and oxygen atoms in total. The molecule has 0 saturated carbocycles. The second-order valence-corrected chi connectivity index (χ2v) is 17.9. The predicted octanol–water partition coefficient (Wildman–Crippen LogP) is 5.48. The van der Waals surface area contributed by atoms with Crippen molar-refractivity contribution in [1.82, 2.24) is 12.9 Å². The van der Waals surface area contributed by atoms with Crippen LogP contribution in [-0.4, -0.2) is 64.3 Å². The van der Waals surface area contributed by atoms with Gasteiger partial charge in [0.1, 0.15) is 0 Å². The Hall–Kier alpha value is -3.39. The minimum absolute atomic E-state index is 0.0548. The zero-order chi connectivity index (χ0) is 33.8. The van der Waals surface area contributed by atoms with Gasteiger partial charge in [0.05, 0.1) is 14.7 Å². The van der Waals surface area contributed by atoms with Gasteiger partial charge < -0.3 is 0 Å². The summed E-state index contributed by atoms with van der Waals surface area (Å²) >= 11 is 0. The minimum Gasteiger partial charge on any atom is -0.207 e. The molecule has 2 heterocycles. The molecule has 2 bridgehead atoms. The van der Waals surface area contributed by atoms with Gasteiger partial charge in [0.25, 0.3) is 0 Å². The number of sulfonamides is 3. The molecule has 250 valence electrons. The summed E-state index contributed by atoms with van der Waals surface area (Å²) in [4.78, 5) is 0.462. The monoisotopic (exact) mass is 695 g/mol. The number of rotatable bonds is 6. The summed E-state index contributed by atoms with van der Waals surface area (Å²) in [5.41, 5.74) is 4.26. The fourth-order valence-corrected chi connectivity index (χ4v) is 9.95. The van der Waals surface area contributed by atoms with Crippen LogP contribution in [-0.2, 0) is 43.2 Å². The number of nitrogens with zero attached hydrogens (tertiary/aromatic N) is 3. The highest BCUT2D eigenvalue weighted by Crippen LogP contribution is 2.24. The Balaban J connectivity index is 1.52. The van der Waals surface area contributed by atoms with Crippen LogP contribution < -0.4 is 0 Å². The largest absolute Gasteiger partial charge is 0.243 e. The number of hydrogen-bond acceptors (Lipinski definition) is 6. The van der Waals surface area contributed by atoms with Crippen LogP contribution in [0.3, 0.4) is 0 Å². The quantitative estimate of drug-likeness (QED) is 0.264. The first-order valence-corrected chi connectivity index (χ1v) is 19.9. The summed E-state index contributed by atoms with van der Waals surface area (Å²) in [5.74, 6) is 0. The van der Waals surface area contributed by atoms with Crippen molar-refractivity contribution in [2.75, 3.05) is 26.2 Å². The van der Waals surface area contributed by atoms with Gasteiger partial charge in [0, 0.05) is 39.3 Å². The maximum atomic E-state index is 13.9. The summed E-state index contributed by atoms with van der Waals surface area (Å²) in [5, 5.41) is 0. The van der Waals surface area contributed by atoms with Crippen molar-refractivity contribution in [3.05, 3.63) is 125 Å². The van der Waals surface area contributed by atoms with Gasteiger partial charge in [-0.25, -0.2) is 25.3 Å². The second kappa shape index (κ2) is 14.4. The number of benzene rings is 4. The van der Waals surface area contributed by atoms with E-state index in [1.807, 2.05) is 45.0 Å². The molecule has 12 heteroatoms. The van der Waals surface area contributed by atoms with E-state index in [2.05, 4.69) is 0 Å². The van der Waals surface area contributed by atoms with Gasteiger partial charge in [-0.15, -0.1) is 0 Å². The molecule has 0 aliphatic carbocycles. The fourth-order valence-electron chi connectivity index (χ4n) is 5.50. The highest BCUT2D eigenvalue weighted by molar-refractivity contribution is 7.89. The molecule has 0 N–H and O–H groups in total. The molecule has 2 aliphatic rings. The molecule has 4 aromatic carbocycles. The van der Waals surface area contributed by atoms with E-state index in [1.54, 1.807) is 72.8 Å². The minimum atomic E-state index is -3.96. The Morgan fingerprint density at radius 1 is 0.383 bits per heavy atom. The SMILES string of the molecule is Cc1ccc(S(=O)(=O)N2CCCN(S(=O)(=O)c3ccc(C)cc3)Cc3ccc(cc3)CN(S(=O)(=O)c3ccc(C)cc3)CCC2)cc1. The molecule has 0 unspecified atom stereocenters. The summed E-state index contributed by atoms with van der Waals surface area (Å²) in [6.45, 7) is 6.09. The number of fused-ring (bicyclic) bond motifs is 12. The topological polar surface area (TPSA) is 112 Å². The van der Waals surface area contributed by atoms with Crippen LogP contribution in [0.25, 0.3) is 0 Å². The van der Waals surface area contributed by atoms with Crippen LogP contribution in [0.2, 0.25) is 0 Å². The molecule has 0 saturated heterocycles. The van der Waals surface area contributed by atoms with Crippen LogP contribution in [0.15, 0.2) is 112 Å². The van der Waals surface area contributed by atoms with E-state index < -0.39 is 30.1 Å². The van der Waals surface area contributed by atoms with Crippen molar-refractivity contribution in [3.63, 3.8) is 0 Å². The van der Waals surface area contributed by atoms with E-state index in [0.29, 0.717) is 0 Å². The normalized spacial score (nSPS) is 16.8. The van der Waals surface area contributed by atoms with Gasteiger partial charge >= 0.3 is 0 Å². The van der Waals surface area contributed by atoms with E-state index in [0.717, 1.165) is 27.8 Å². The lowest BCUT2D eigenvalue weighted by molar-refractivity contribution is 0.336. The number of hydrogen-bond donors (Lipinski definition) is 0. The fraction of sp³-hybridized carbons (Fsp3) is 0.314. The third kappa shape index (κ3) is 8.19. The second-order valence-electron chi connectivity index (χ2n) is 12.0. The third-order valence-corrected chi connectivity index (χ3v) is 14.0. The zero-order valence-corrected chi connectivity index (χ0v) is 29.4. The lowest BCUT2D eigenvalue weighted by Gasteiger charge is -2.26. The van der Waals surface area contributed by atoms with Gasteiger partial charge in [-0.3, -0.25) is 0 Å². The van der Waals surface area contributed by atoms with E-state index >= 15 is 0 Å². The van der Waals surface area contributed by atoms with E-state index in [1.165, 1.54) is 12.9 Å². The van der Waals surface area contributed by atoms with Crippen LogP contribution in [0, 0.1) is 20.8 Å². The molecular formula is C35H41N3O6S3. The smallest absolute Gasteiger partial charge is 0.207 e. The highest BCUT2D eigenvalue weighted by Gasteiger charge is 2.30. The molecule has 6 rings (SSSR count). The average Bonchev–Trinajstić information content (AvgIpc) is 3.05. The first-order chi connectivity index (χ1) is 22.3. The Morgan fingerprint density at radius 3 is 0.936 bits per heavy atom. The summed E-state index contributed by atoms with van der Waals surface area (Å²) < 4.78 is 87.4. The molecule has 0 radical (unpaired) electrons. The van der Waals surface area contributed by atoms with E-state index in [-0.39, 0.29) is 66.8 Å². The van der Waals surface area contributed by atoms with Crippen LogP contribution >= 0.6 is 0 Å². The Morgan fingerprint density at radius 2 is 0.638 bits per heavy atom. The molecule has 0 fully saturated rings. The molecule has 2 aliphatic heterocycles. The molecule has 0 spiro atoms. The van der Waals surface area contributed by atoms with Crippen molar-refractivity contribution in [1.29, 1.82) is 0 Å².